The second kappa shape index (κ2) is 8.00. The molecule has 0 radical (unpaired) electrons. The van der Waals surface area contributed by atoms with Crippen LogP contribution in [0.2, 0.25) is 0 Å². The number of ether oxygens (including phenoxy) is 2. The van der Waals surface area contributed by atoms with Gasteiger partial charge in [-0.3, -0.25) is 9.59 Å². The molecule has 1 aromatic carbocycles. The maximum absolute atomic E-state index is 12.1. The number of carbonyl (C=O) groups excluding carboxylic acids is 1. The highest BCUT2D eigenvalue weighted by Gasteiger charge is 2.49. The van der Waals surface area contributed by atoms with Gasteiger partial charge in [0.05, 0.1) is 38.2 Å². The van der Waals surface area contributed by atoms with Crippen molar-refractivity contribution in [2.24, 2.45) is 4.99 Å². The fourth-order valence-electron chi connectivity index (χ4n) is 3.22. The monoisotopic (exact) mass is 428 g/mol. The third-order valence-electron chi connectivity index (χ3n) is 4.48. The minimum Gasteiger partial charge on any atom is -0.493 e. The first-order valence-electron chi connectivity index (χ1n) is 8.45. The van der Waals surface area contributed by atoms with Crippen molar-refractivity contribution in [3.05, 3.63) is 18.2 Å². The summed E-state index contributed by atoms with van der Waals surface area (Å²) in [6.07, 6.45) is -0.523. The number of methoxy groups -OCH3 is 2. The fraction of sp³-hybridized carbons (Fsp3) is 0.471. The van der Waals surface area contributed by atoms with Crippen LogP contribution in [0.3, 0.4) is 0 Å². The quantitative estimate of drug-likeness (QED) is 0.711. The number of thioether (sulfide) groups is 1. The van der Waals surface area contributed by atoms with Crippen LogP contribution >= 0.6 is 11.8 Å². The second-order valence-electron chi connectivity index (χ2n) is 6.39. The summed E-state index contributed by atoms with van der Waals surface area (Å²) in [7, 11) is -0.180. The predicted octanol–water partition coefficient (Wildman–Crippen LogP) is 1.17. The van der Waals surface area contributed by atoms with Gasteiger partial charge in [-0.25, -0.2) is 8.42 Å². The Balaban J connectivity index is 1.96. The van der Waals surface area contributed by atoms with E-state index >= 15 is 0 Å². The van der Waals surface area contributed by atoms with Gasteiger partial charge in [0.1, 0.15) is 0 Å². The first-order valence-corrected chi connectivity index (χ1v) is 11.2. The zero-order valence-electron chi connectivity index (χ0n) is 15.3. The summed E-state index contributed by atoms with van der Waals surface area (Å²) in [6, 6.07) is 4.77. The number of aliphatic imine (C=N–C) groups is 1. The van der Waals surface area contributed by atoms with E-state index < -0.39 is 21.7 Å². The van der Waals surface area contributed by atoms with Gasteiger partial charge in [-0.05, 0) is 12.1 Å². The molecular formula is C17H20N2O7S2. The molecule has 11 heteroatoms. The van der Waals surface area contributed by atoms with E-state index in [0.29, 0.717) is 22.4 Å². The van der Waals surface area contributed by atoms with Crippen molar-refractivity contribution in [3.8, 4) is 11.5 Å². The Hall–Kier alpha value is -2.27. The molecule has 2 atom stereocenters. The minimum atomic E-state index is -3.18. The van der Waals surface area contributed by atoms with Gasteiger partial charge in [0.25, 0.3) is 0 Å². The topological polar surface area (TPSA) is 123 Å². The molecule has 9 nitrogen and oxygen atoms in total. The number of carbonyl (C=O) groups is 2. The summed E-state index contributed by atoms with van der Waals surface area (Å²) in [5, 5.41) is 8.86. The lowest BCUT2D eigenvalue weighted by Crippen LogP contribution is -2.37. The lowest BCUT2D eigenvalue weighted by Gasteiger charge is -2.25. The maximum Gasteiger partial charge on any atom is 0.303 e. The van der Waals surface area contributed by atoms with Crippen molar-refractivity contribution in [2.45, 2.75) is 24.1 Å². The average Bonchev–Trinajstić information content (AvgIpc) is 3.10. The Morgan fingerprint density at radius 1 is 1.21 bits per heavy atom. The van der Waals surface area contributed by atoms with E-state index in [1.807, 2.05) is 0 Å². The smallest absolute Gasteiger partial charge is 0.303 e. The first kappa shape index (κ1) is 20.5. The highest BCUT2D eigenvalue weighted by molar-refractivity contribution is 8.16. The van der Waals surface area contributed by atoms with Crippen LogP contribution in [0.15, 0.2) is 23.2 Å². The lowest BCUT2D eigenvalue weighted by molar-refractivity contribution is -0.138. The molecule has 2 fully saturated rings. The molecule has 3 rings (SSSR count). The molecule has 1 aromatic rings. The van der Waals surface area contributed by atoms with Crippen molar-refractivity contribution in [1.29, 1.82) is 0 Å². The molecule has 28 heavy (non-hydrogen) atoms. The van der Waals surface area contributed by atoms with Gasteiger partial charge in [0, 0.05) is 23.4 Å². The number of carboxylic acid groups (broad SMARTS) is 1. The van der Waals surface area contributed by atoms with Crippen molar-refractivity contribution in [1.82, 2.24) is 0 Å². The van der Waals surface area contributed by atoms with Crippen molar-refractivity contribution in [3.63, 3.8) is 0 Å². The Morgan fingerprint density at radius 3 is 2.57 bits per heavy atom. The van der Waals surface area contributed by atoms with Crippen LogP contribution in [0, 0.1) is 0 Å². The summed E-state index contributed by atoms with van der Waals surface area (Å²) in [5.41, 5.74) is 0.625. The number of nitrogens with zero attached hydrogens (tertiary/aromatic N) is 2. The van der Waals surface area contributed by atoms with Crippen molar-refractivity contribution < 1.29 is 32.6 Å². The van der Waals surface area contributed by atoms with E-state index in [2.05, 4.69) is 4.99 Å². The number of amidine groups is 1. The van der Waals surface area contributed by atoms with E-state index in [1.54, 1.807) is 23.1 Å². The first-order chi connectivity index (χ1) is 13.2. The van der Waals surface area contributed by atoms with E-state index in [4.69, 9.17) is 14.6 Å². The number of anilines is 1. The standard InChI is InChI=1S/C17H20N2O7S2/c1-25-12-4-3-10(7-13(12)26-2)19-11-8-28(23,24)9-14(11)27-17(19)18-15(20)5-6-16(21)22/h3-4,7,11,14H,5-6,8-9H2,1-2H3,(H,21,22)/t11-,14-/m1/s1. The molecule has 2 heterocycles. The minimum absolute atomic E-state index is 0.00839. The van der Waals surface area contributed by atoms with E-state index in [-0.39, 0.29) is 35.6 Å². The molecule has 0 aliphatic carbocycles. The Bertz CT molecular complexity index is 929. The maximum atomic E-state index is 12.1. The summed E-state index contributed by atoms with van der Waals surface area (Å²) >= 11 is 1.23. The molecular weight excluding hydrogens is 408 g/mol. The zero-order valence-corrected chi connectivity index (χ0v) is 17.0. The molecule has 152 valence electrons. The molecule has 0 bridgehead atoms. The molecule has 2 aliphatic rings. The molecule has 0 saturated carbocycles. The number of hydrogen-bond donors (Lipinski definition) is 1. The van der Waals surface area contributed by atoms with Crippen LogP contribution in [0.25, 0.3) is 0 Å². The molecule has 0 unspecified atom stereocenters. The third kappa shape index (κ3) is 4.25. The van der Waals surface area contributed by atoms with Gasteiger partial charge in [-0.1, -0.05) is 11.8 Å². The van der Waals surface area contributed by atoms with Gasteiger partial charge in [-0.2, -0.15) is 4.99 Å². The number of rotatable bonds is 6. The number of hydrogen-bond acceptors (Lipinski definition) is 7. The molecule has 0 spiro atoms. The van der Waals surface area contributed by atoms with Crippen LogP contribution in [0.4, 0.5) is 5.69 Å². The predicted molar refractivity (Wildman–Crippen MR) is 105 cm³/mol. The van der Waals surface area contributed by atoms with Gasteiger partial charge in [-0.15, -0.1) is 0 Å². The van der Waals surface area contributed by atoms with Crippen molar-refractivity contribution >= 4 is 44.3 Å². The van der Waals surface area contributed by atoms with Crippen LogP contribution < -0.4 is 14.4 Å². The summed E-state index contributed by atoms with van der Waals surface area (Å²) in [4.78, 5) is 28.6. The number of fused-ring (bicyclic) bond motifs is 1. The summed E-state index contributed by atoms with van der Waals surface area (Å²) in [5.74, 6) is -0.684. The SMILES string of the molecule is COc1ccc(N2C(=NC(=O)CCC(=O)O)S[C@@H]3CS(=O)(=O)C[C@H]32)cc1OC. The van der Waals surface area contributed by atoms with Gasteiger partial charge in [0.2, 0.25) is 5.91 Å². The van der Waals surface area contributed by atoms with Gasteiger partial charge in [0.15, 0.2) is 26.5 Å². The molecule has 1 N–H and O–H groups in total. The van der Waals surface area contributed by atoms with Crippen LogP contribution in [-0.2, 0) is 19.4 Å². The van der Waals surface area contributed by atoms with Gasteiger partial charge < -0.3 is 19.5 Å². The number of benzene rings is 1. The van der Waals surface area contributed by atoms with Crippen LogP contribution in [0.1, 0.15) is 12.8 Å². The number of sulfone groups is 1. The Kier molecular flexibility index (Phi) is 5.84. The molecule has 1 amide bonds. The normalized spacial score (nSPS) is 24.2. The van der Waals surface area contributed by atoms with Gasteiger partial charge >= 0.3 is 5.97 Å². The average molecular weight is 428 g/mol. The van der Waals surface area contributed by atoms with E-state index in [0.717, 1.165) is 0 Å². The van der Waals surface area contributed by atoms with Crippen LogP contribution in [-0.4, -0.2) is 67.6 Å². The Labute approximate surface area is 166 Å². The molecule has 0 aromatic heterocycles. The van der Waals surface area contributed by atoms with Crippen LogP contribution in [0.5, 0.6) is 11.5 Å². The molecule has 2 aliphatic heterocycles. The highest BCUT2D eigenvalue weighted by atomic mass is 32.2. The Morgan fingerprint density at radius 2 is 1.93 bits per heavy atom. The van der Waals surface area contributed by atoms with Crippen molar-refractivity contribution in [2.75, 3.05) is 30.6 Å². The fourth-order valence-corrected chi connectivity index (χ4v) is 7.15. The zero-order chi connectivity index (χ0) is 20.5. The largest absolute Gasteiger partial charge is 0.493 e. The molecule has 2 saturated heterocycles. The third-order valence-corrected chi connectivity index (χ3v) is 7.69. The summed E-state index contributed by atoms with van der Waals surface area (Å²) in [6.45, 7) is 0. The van der Waals surface area contributed by atoms with E-state index in [1.165, 1.54) is 26.0 Å². The highest BCUT2D eigenvalue weighted by Crippen LogP contribution is 2.43. The number of aliphatic carboxylic acids is 1. The number of carboxylic acids is 1. The lowest BCUT2D eigenvalue weighted by atomic mass is 10.2. The second-order valence-corrected chi connectivity index (χ2v) is 9.75. The summed E-state index contributed by atoms with van der Waals surface area (Å²) < 4.78 is 34.7. The van der Waals surface area contributed by atoms with E-state index in [9.17, 15) is 18.0 Å². The number of amides is 1.